The van der Waals surface area contributed by atoms with Crippen LogP contribution in [0.4, 0.5) is 18.9 Å². The Morgan fingerprint density at radius 1 is 1.16 bits per heavy atom. The molecule has 1 saturated carbocycles. The molecule has 2 aromatic carbocycles. The van der Waals surface area contributed by atoms with Gasteiger partial charge in [0.15, 0.2) is 0 Å². The predicted octanol–water partition coefficient (Wildman–Crippen LogP) is 4.28. The number of anilines is 1. The fraction of sp³-hybridized carbons (Fsp3) is 0.452. The van der Waals surface area contributed by atoms with Crippen LogP contribution in [0.15, 0.2) is 36.7 Å². The first kappa shape index (κ1) is 31.7. The fourth-order valence-corrected chi connectivity index (χ4v) is 5.44. The smallest absolute Gasteiger partial charge is 0.406 e. The number of fused-ring (bicyclic) bond motifs is 1. The van der Waals surface area contributed by atoms with Gasteiger partial charge in [-0.2, -0.15) is 13.2 Å². The van der Waals surface area contributed by atoms with Gasteiger partial charge in [0.1, 0.15) is 17.8 Å². The number of benzene rings is 2. The number of methoxy groups -OCH3 is 1. The Bertz CT molecular complexity index is 1540. The Morgan fingerprint density at radius 3 is 2.58 bits per heavy atom. The number of ether oxygens (including phenoxy) is 1. The maximum absolute atomic E-state index is 13.5. The third kappa shape index (κ3) is 7.78. The fourth-order valence-electron chi connectivity index (χ4n) is 5.44. The van der Waals surface area contributed by atoms with Crippen molar-refractivity contribution < 1.29 is 27.5 Å². The maximum atomic E-state index is 13.5. The third-order valence-electron chi connectivity index (χ3n) is 7.80. The monoisotopic (exact) mass is 598 g/mol. The van der Waals surface area contributed by atoms with Crippen molar-refractivity contribution in [3.63, 3.8) is 0 Å². The predicted molar refractivity (Wildman–Crippen MR) is 159 cm³/mol. The van der Waals surface area contributed by atoms with E-state index in [1.807, 2.05) is 14.1 Å². The highest BCUT2D eigenvalue weighted by molar-refractivity contribution is 6.05. The van der Waals surface area contributed by atoms with Crippen LogP contribution in [0.2, 0.25) is 0 Å². The van der Waals surface area contributed by atoms with Gasteiger partial charge in [0, 0.05) is 30.3 Å². The standard InChI is InChI=1S/C31H37F3N6O3/c1-19-13-22(39(3)4)9-10-24(19)38-30(42)23-14-20(15-26-28(23)37-18-40(26)17-31(32,33)34)7-6-12-36-25-16-21(29(41)35-2)8-11-27(25)43-5/h8,11,14-16,18-19,22,24,36H,9-10,12-13,17H2,1-5H3,(H,35,41)(H,38,42)/t19-,22-,24-/m0/s1. The third-order valence-corrected chi connectivity index (χ3v) is 7.80. The minimum absolute atomic E-state index is 0.0597. The van der Waals surface area contributed by atoms with E-state index < -0.39 is 12.7 Å². The molecular weight excluding hydrogens is 561 g/mol. The zero-order valence-corrected chi connectivity index (χ0v) is 24.9. The van der Waals surface area contributed by atoms with Crippen LogP contribution in [0.5, 0.6) is 5.75 Å². The van der Waals surface area contributed by atoms with Crippen molar-refractivity contribution in [2.45, 2.75) is 51.0 Å². The van der Waals surface area contributed by atoms with Crippen molar-refractivity contribution in [3.05, 3.63) is 53.3 Å². The van der Waals surface area contributed by atoms with Gasteiger partial charge in [0.25, 0.3) is 11.8 Å². The Hall–Kier alpha value is -4.24. The molecule has 3 aromatic rings. The van der Waals surface area contributed by atoms with Crippen molar-refractivity contribution in [1.82, 2.24) is 25.1 Å². The summed E-state index contributed by atoms with van der Waals surface area (Å²) in [6.07, 6.45) is -0.692. The molecule has 3 N–H and O–H groups in total. The number of rotatable bonds is 8. The number of aromatic nitrogens is 2. The average Bonchev–Trinajstić information content (AvgIpc) is 3.36. The van der Waals surface area contributed by atoms with Crippen LogP contribution in [0, 0.1) is 17.8 Å². The minimum atomic E-state index is -4.47. The molecule has 9 nitrogen and oxygen atoms in total. The molecule has 3 atom stereocenters. The van der Waals surface area contributed by atoms with E-state index in [4.69, 9.17) is 4.74 Å². The molecule has 4 rings (SSSR count). The summed E-state index contributed by atoms with van der Waals surface area (Å²) < 4.78 is 46.3. The number of hydrogen-bond donors (Lipinski definition) is 3. The summed E-state index contributed by atoms with van der Waals surface area (Å²) in [4.78, 5) is 31.9. The molecule has 1 aliphatic rings. The molecule has 0 bridgehead atoms. The number of carbonyl (C=O) groups excluding carboxylic acids is 2. The van der Waals surface area contributed by atoms with E-state index >= 15 is 0 Å². The summed E-state index contributed by atoms with van der Waals surface area (Å²) in [7, 11) is 7.13. The quantitative estimate of drug-likeness (QED) is 0.335. The maximum Gasteiger partial charge on any atom is 0.406 e. The molecule has 230 valence electrons. The Morgan fingerprint density at radius 2 is 1.93 bits per heavy atom. The molecule has 0 spiro atoms. The van der Waals surface area contributed by atoms with Crippen LogP contribution in [0.1, 0.15) is 52.5 Å². The number of hydrogen-bond acceptors (Lipinski definition) is 6. The highest BCUT2D eigenvalue weighted by atomic mass is 19.4. The van der Waals surface area contributed by atoms with Gasteiger partial charge in [-0.05, 0) is 69.6 Å². The molecule has 0 saturated heterocycles. The van der Waals surface area contributed by atoms with Gasteiger partial charge in [-0.15, -0.1) is 0 Å². The summed E-state index contributed by atoms with van der Waals surface area (Å²) in [6.45, 7) is 1.00. The molecule has 1 fully saturated rings. The van der Waals surface area contributed by atoms with E-state index in [0.717, 1.165) is 30.2 Å². The number of alkyl halides is 3. The van der Waals surface area contributed by atoms with Gasteiger partial charge in [0.2, 0.25) is 0 Å². The van der Waals surface area contributed by atoms with E-state index in [0.29, 0.717) is 28.6 Å². The molecule has 0 unspecified atom stereocenters. The van der Waals surface area contributed by atoms with Crippen molar-refractivity contribution in [3.8, 4) is 17.6 Å². The molecule has 2 amide bonds. The van der Waals surface area contributed by atoms with Crippen LogP contribution in [0.25, 0.3) is 11.0 Å². The lowest BCUT2D eigenvalue weighted by atomic mass is 9.82. The molecule has 1 aromatic heterocycles. The number of imidazole rings is 1. The summed E-state index contributed by atoms with van der Waals surface area (Å²) in [5.74, 6) is 6.01. The first-order valence-corrected chi connectivity index (χ1v) is 14.1. The first-order chi connectivity index (χ1) is 20.4. The topological polar surface area (TPSA) is 101 Å². The largest absolute Gasteiger partial charge is 0.495 e. The van der Waals surface area contributed by atoms with E-state index in [-0.39, 0.29) is 46.9 Å². The molecule has 1 heterocycles. The Balaban J connectivity index is 1.60. The summed E-state index contributed by atoms with van der Waals surface area (Å²) in [5.41, 5.74) is 1.90. The highest BCUT2D eigenvalue weighted by Crippen LogP contribution is 2.29. The van der Waals surface area contributed by atoms with Crippen LogP contribution in [-0.4, -0.2) is 79.3 Å². The lowest BCUT2D eigenvalue weighted by molar-refractivity contribution is -0.139. The van der Waals surface area contributed by atoms with E-state index in [9.17, 15) is 22.8 Å². The van der Waals surface area contributed by atoms with Crippen molar-refractivity contribution in [1.29, 1.82) is 0 Å². The van der Waals surface area contributed by atoms with Crippen molar-refractivity contribution in [2.24, 2.45) is 5.92 Å². The summed E-state index contributed by atoms with van der Waals surface area (Å²) in [5, 5.41) is 8.78. The second-order valence-electron chi connectivity index (χ2n) is 11.0. The molecule has 12 heteroatoms. The Labute approximate surface area is 249 Å². The van der Waals surface area contributed by atoms with E-state index in [2.05, 4.69) is 44.6 Å². The Kier molecular flexibility index (Phi) is 9.86. The van der Waals surface area contributed by atoms with Crippen molar-refractivity contribution in [2.75, 3.05) is 40.1 Å². The van der Waals surface area contributed by atoms with Gasteiger partial charge < -0.3 is 30.2 Å². The lowest BCUT2D eigenvalue weighted by Gasteiger charge is -2.37. The summed E-state index contributed by atoms with van der Waals surface area (Å²) >= 11 is 0. The van der Waals surface area contributed by atoms with Gasteiger partial charge >= 0.3 is 6.18 Å². The minimum Gasteiger partial charge on any atom is -0.495 e. The van der Waals surface area contributed by atoms with Crippen LogP contribution >= 0.6 is 0 Å². The van der Waals surface area contributed by atoms with Crippen molar-refractivity contribution >= 4 is 28.5 Å². The second kappa shape index (κ2) is 13.4. The first-order valence-electron chi connectivity index (χ1n) is 14.1. The zero-order valence-electron chi connectivity index (χ0n) is 24.9. The molecular formula is C31H37F3N6O3. The lowest BCUT2D eigenvalue weighted by Crippen LogP contribution is -2.46. The van der Waals surface area contributed by atoms with Gasteiger partial charge in [-0.25, -0.2) is 4.98 Å². The van der Waals surface area contributed by atoms with Crippen LogP contribution in [-0.2, 0) is 6.54 Å². The molecule has 43 heavy (non-hydrogen) atoms. The van der Waals surface area contributed by atoms with E-state index in [1.165, 1.54) is 20.2 Å². The van der Waals surface area contributed by atoms with Gasteiger partial charge in [-0.1, -0.05) is 18.8 Å². The molecule has 0 aliphatic heterocycles. The van der Waals surface area contributed by atoms with Gasteiger partial charge in [0.05, 0.1) is 36.7 Å². The second-order valence-corrected chi connectivity index (χ2v) is 11.0. The number of nitrogens with one attached hydrogen (secondary N) is 3. The molecule has 0 radical (unpaired) electrons. The van der Waals surface area contributed by atoms with Gasteiger partial charge in [-0.3, -0.25) is 9.59 Å². The number of carbonyl (C=O) groups is 2. The normalized spacial score (nSPS) is 18.6. The number of halogens is 3. The summed E-state index contributed by atoms with van der Waals surface area (Å²) in [6, 6.07) is 8.39. The van der Waals surface area contributed by atoms with Crippen LogP contribution < -0.4 is 20.7 Å². The zero-order chi connectivity index (χ0) is 31.3. The highest BCUT2D eigenvalue weighted by Gasteiger charge is 2.32. The molecule has 1 aliphatic carbocycles. The SMILES string of the molecule is CNC(=O)c1ccc(OC)c(NCC#Cc2cc(C(=O)N[C@H]3CC[C@H](N(C)C)C[C@@H]3C)c3ncn(CC(F)(F)F)c3c2)c1. The average molecular weight is 599 g/mol. The van der Waals surface area contributed by atoms with E-state index in [1.54, 1.807) is 24.3 Å². The van der Waals surface area contributed by atoms with Crippen LogP contribution in [0.3, 0.4) is 0 Å². The number of amides is 2. The number of nitrogens with zero attached hydrogens (tertiary/aromatic N) is 3.